The van der Waals surface area contributed by atoms with Gasteiger partial charge in [-0.2, -0.15) is 0 Å². The Morgan fingerprint density at radius 2 is 2.24 bits per heavy atom. The fourth-order valence-electron chi connectivity index (χ4n) is 2.79. The Morgan fingerprint density at radius 1 is 1.48 bits per heavy atom. The predicted molar refractivity (Wildman–Crippen MR) is 92.2 cm³/mol. The molecule has 0 aliphatic carbocycles. The molecular weight excluding hydrogens is 304 g/mol. The van der Waals surface area contributed by atoms with Crippen molar-refractivity contribution < 1.29 is 4.79 Å². The highest BCUT2D eigenvalue weighted by Crippen LogP contribution is 2.22. The first-order valence-corrected chi connectivity index (χ1v) is 8.55. The van der Waals surface area contributed by atoms with Crippen molar-refractivity contribution in [3.05, 3.63) is 21.9 Å². The van der Waals surface area contributed by atoms with Crippen molar-refractivity contribution >= 4 is 29.7 Å². The summed E-state index contributed by atoms with van der Waals surface area (Å²) in [5.74, 6) is 1.31. The molecular formula is C16H27ClN2OS. The molecule has 120 valence electrons. The minimum absolute atomic E-state index is 0. The molecule has 1 aliphatic heterocycles. The van der Waals surface area contributed by atoms with E-state index in [0.29, 0.717) is 24.8 Å². The molecule has 3 nitrogen and oxygen atoms in total. The van der Waals surface area contributed by atoms with E-state index in [1.54, 1.807) is 11.3 Å². The molecule has 0 saturated carbocycles. The van der Waals surface area contributed by atoms with Crippen LogP contribution in [0.1, 0.15) is 42.9 Å². The lowest BCUT2D eigenvalue weighted by Crippen LogP contribution is -2.35. The summed E-state index contributed by atoms with van der Waals surface area (Å²) < 4.78 is 0. The lowest BCUT2D eigenvalue weighted by Gasteiger charge is -2.27. The van der Waals surface area contributed by atoms with Crippen LogP contribution in [0.25, 0.3) is 0 Å². The molecule has 0 bridgehead atoms. The van der Waals surface area contributed by atoms with E-state index < -0.39 is 0 Å². The van der Waals surface area contributed by atoms with Crippen molar-refractivity contribution in [2.45, 2.75) is 46.1 Å². The summed E-state index contributed by atoms with van der Waals surface area (Å²) in [6.45, 7) is 7.25. The number of piperidine rings is 1. The van der Waals surface area contributed by atoms with Crippen LogP contribution in [0.4, 0.5) is 0 Å². The van der Waals surface area contributed by atoms with Crippen LogP contribution in [0.15, 0.2) is 12.1 Å². The van der Waals surface area contributed by atoms with Gasteiger partial charge in [-0.25, -0.2) is 0 Å². The summed E-state index contributed by atoms with van der Waals surface area (Å²) in [6, 6.07) is 4.28. The van der Waals surface area contributed by atoms with Crippen molar-refractivity contribution in [2.24, 2.45) is 11.8 Å². The number of thiophene rings is 1. The second-order valence-corrected chi connectivity index (χ2v) is 7.04. The first-order chi connectivity index (χ1) is 9.69. The van der Waals surface area contributed by atoms with Crippen LogP contribution in [0.2, 0.25) is 0 Å². The number of rotatable bonds is 6. The molecule has 2 rings (SSSR count). The van der Waals surface area contributed by atoms with Crippen LogP contribution in [0, 0.1) is 11.8 Å². The molecule has 1 fully saturated rings. The monoisotopic (exact) mass is 330 g/mol. The molecule has 0 spiro atoms. The molecule has 2 N–H and O–H groups in total. The fraction of sp³-hybridized carbons (Fsp3) is 0.688. The zero-order valence-electron chi connectivity index (χ0n) is 13.0. The van der Waals surface area contributed by atoms with Gasteiger partial charge in [-0.05, 0) is 56.3 Å². The van der Waals surface area contributed by atoms with Crippen LogP contribution in [-0.2, 0) is 17.8 Å². The number of amides is 1. The number of carbonyl (C=O) groups excluding carboxylic acids is 1. The van der Waals surface area contributed by atoms with Crippen molar-refractivity contribution in [1.29, 1.82) is 0 Å². The third-order valence-corrected chi connectivity index (χ3v) is 5.40. The van der Waals surface area contributed by atoms with E-state index in [-0.39, 0.29) is 18.3 Å². The van der Waals surface area contributed by atoms with Gasteiger partial charge in [-0.3, -0.25) is 4.79 Å². The molecule has 1 aromatic heterocycles. The van der Waals surface area contributed by atoms with Crippen molar-refractivity contribution in [1.82, 2.24) is 10.6 Å². The Morgan fingerprint density at radius 3 is 2.86 bits per heavy atom. The summed E-state index contributed by atoms with van der Waals surface area (Å²) in [6.07, 6.45) is 4.22. The van der Waals surface area contributed by atoms with E-state index in [1.165, 1.54) is 22.6 Å². The Hall–Kier alpha value is -0.580. The largest absolute Gasteiger partial charge is 0.351 e. The Kier molecular flexibility index (Phi) is 8.30. The fourth-order valence-corrected chi connectivity index (χ4v) is 3.69. The molecule has 2 heterocycles. The summed E-state index contributed by atoms with van der Waals surface area (Å²) in [4.78, 5) is 14.7. The lowest BCUT2D eigenvalue weighted by molar-refractivity contribution is -0.122. The quantitative estimate of drug-likeness (QED) is 0.839. The van der Waals surface area contributed by atoms with Gasteiger partial charge in [0.1, 0.15) is 0 Å². The molecule has 2 atom stereocenters. The third kappa shape index (κ3) is 5.97. The van der Waals surface area contributed by atoms with Gasteiger partial charge in [0.25, 0.3) is 0 Å². The Balaban J connectivity index is 0.00000220. The van der Waals surface area contributed by atoms with E-state index in [0.717, 1.165) is 19.5 Å². The van der Waals surface area contributed by atoms with Crippen molar-refractivity contribution in [3.63, 3.8) is 0 Å². The number of aryl methyl sites for hydroxylation is 1. The van der Waals surface area contributed by atoms with Gasteiger partial charge in [0, 0.05) is 16.2 Å². The van der Waals surface area contributed by atoms with E-state index >= 15 is 0 Å². The summed E-state index contributed by atoms with van der Waals surface area (Å²) in [5, 5.41) is 6.48. The molecule has 21 heavy (non-hydrogen) atoms. The van der Waals surface area contributed by atoms with Gasteiger partial charge in [0.15, 0.2) is 0 Å². The zero-order chi connectivity index (χ0) is 14.4. The number of nitrogens with one attached hydrogen (secondary N) is 2. The molecule has 1 aromatic rings. The third-order valence-electron chi connectivity index (χ3n) is 4.17. The maximum atomic E-state index is 12.0. The molecule has 1 amide bonds. The average molecular weight is 331 g/mol. The maximum absolute atomic E-state index is 12.0. The number of hydrogen-bond acceptors (Lipinski definition) is 3. The number of carbonyl (C=O) groups is 1. The Labute approximate surface area is 138 Å². The minimum Gasteiger partial charge on any atom is -0.351 e. The smallest absolute Gasteiger partial charge is 0.220 e. The Bertz CT molecular complexity index is 430. The van der Waals surface area contributed by atoms with Crippen LogP contribution < -0.4 is 10.6 Å². The van der Waals surface area contributed by atoms with Gasteiger partial charge in [0.05, 0.1) is 6.54 Å². The van der Waals surface area contributed by atoms with E-state index in [4.69, 9.17) is 0 Å². The van der Waals surface area contributed by atoms with Crippen molar-refractivity contribution in [3.8, 4) is 0 Å². The van der Waals surface area contributed by atoms with Gasteiger partial charge in [0.2, 0.25) is 5.91 Å². The van der Waals surface area contributed by atoms with Gasteiger partial charge < -0.3 is 10.6 Å². The molecule has 5 heteroatoms. The van der Waals surface area contributed by atoms with Gasteiger partial charge >= 0.3 is 0 Å². The molecule has 2 unspecified atom stereocenters. The number of halogens is 1. The van der Waals surface area contributed by atoms with Gasteiger partial charge in [-0.1, -0.05) is 13.8 Å². The lowest BCUT2D eigenvalue weighted by atomic mass is 9.85. The molecule has 1 aliphatic rings. The van der Waals surface area contributed by atoms with Crippen LogP contribution in [-0.4, -0.2) is 19.0 Å². The summed E-state index contributed by atoms with van der Waals surface area (Å²) in [5.41, 5.74) is 0. The molecule has 0 radical (unpaired) electrons. The topological polar surface area (TPSA) is 41.1 Å². The standard InChI is InChI=1S/C16H26N2OS.ClH/c1-3-14-6-7-15(20-14)11-18-16(19)9-12(2)13-5-4-8-17-10-13;/h6-7,12-13,17H,3-5,8-11H2,1-2H3,(H,18,19);1H. The highest BCUT2D eigenvalue weighted by molar-refractivity contribution is 7.11. The highest BCUT2D eigenvalue weighted by atomic mass is 35.5. The first-order valence-electron chi connectivity index (χ1n) is 7.74. The van der Waals surface area contributed by atoms with E-state index in [2.05, 4.69) is 36.6 Å². The predicted octanol–water partition coefficient (Wildman–Crippen LogP) is 3.37. The zero-order valence-corrected chi connectivity index (χ0v) is 14.6. The molecule has 1 saturated heterocycles. The van der Waals surface area contributed by atoms with E-state index in [9.17, 15) is 4.79 Å². The van der Waals surface area contributed by atoms with E-state index in [1.807, 2.05) is 0 Å². The minimum atomic E-state index is 0. The van der Waals surface area contributed by atoms with Crippen LogP contribution in [0.5, 0.6) is 0 Å². The maximum Gasteiger partial charge on any atom is 0.220 e. The normalized spacial score (nSPS) is 19.6. The SMILES string of the molecule is CCc1ccc(CNC(=O)CC(C)C2CCCNC2)s1.Cl. The van der Waals surface area contributed by atoms with Crippen LogP contribution >= 0.6 is 23.7 Å². The van der Waals surface area contributed by atoms with Gasteiger partial charge in [-0.15, -0.1) is 23.7 Å². The second-order valence-electron chi connectivity index (χ2n) is 5.79. The van der Waals surface area contributed by atoms with Crippen molar-refractivity contribution in [2.75, 3.05) is 13.1 Å². The summed E-state index contributed by atoms with van der Waals surface area (Å²) in [7, 11) is 0. The molecule has 0 aromatic carbocycles. The van der Waals surface area contributed by atoms with Crippen LogP contribution in [0.3, 0.4) is 0 Å². The first kappa shape index (κ1) is 18.5. The average Bonchev–Trinajstić information content (AvgIpc) is 2.94. The highest BCUT2D eigenvalue weighted by Gasteiger charge is 2.21. The number of hydrogen-bond donors (Lipinski definition) is 2. The summed E-state index contributed by atoms with van der Waals surface area (Å²) >= 11 is 1.80. The second kappa shape index (κ2) is 9.44.